The lowest BCUT2D eigenvalue weighted by molar-refractivity contribution is 0.453. The Morgan fingerprint density at radius 2 is 1.35 bits per heavy atom. The number of aryl methyl sites for hydroxylation is 1. The van der Waals surface area contributed by atoms with Gasteiger partial charge in [0.15, 0.2) is 17.5 Å². The predicted molar refractivity (Wildman–Crippen MR) is 134 cm³/mol. The molecule has 0 spiro atoms. The molecule has 0 nitrogen and oxygen atoms in total. The van der Waals surface area contributed by atoms with E-state index in [0.717, 1.165) is 55.9 Å². The average molecular weight is 511 g/mol. The fourth-order valence-electron chi connectivity index (χ4n) is 4.25. The van der Waals surface area contributed by atoms with Gasteiger partial charge in [-0.05, 0) is 65.8 Å². The van der Waals surface area contributed by atoms with Crippen LogP contribution in [0.3, 0.4) is 0 Å². The van der Waals surface area contributed by atoms with Crippen LogP contribution in [-0.2, 0) is 6.42 Å². The first-order valence-corrected chi connectivity index (χ1v) is 12.2. The first-order valence-electron chi connectivity index (χ1n) is 12.2. The van der Waals surface area contributed by atoms with E-state index in [9.17, 15) is 26.3 Å². The maximum Gasteiger partial charge on any atom is 0.195 e. The molecular weight excluding hydrogens is 486 g/mol. The van der Waals surface area contributed by atoms with Crippen molar-refractivity contribution in [3.05, 3.63) is 106 Å². The van der Waals surface area contributed by atoms with Crippen LogP contribution in [0, 0.1) is 46.7 Å². The maximum absolute atomic E-state index is 14.8. The molecule has 0 aliphatic rings. The Balaban J connectivity index is 1.56. The van der Waals surface area contributed by atoms with Gasteiger partial charge in [0.2, 0.25) is 0 Å². The Morgan fingerprint density at radius 1 is 0.622 bits per heavy atom. The second-order valence-electron chi connectivity index (χ2n) is 8.97. The van der Waals surface area contributed by atoms with Crippen molar-refractivity contribution in [1.29, 1.82) is 0 Å². The highest BCUT2D eigenvalue weighted by molar-refractivity contribution is 5.84. The molecule has 0 radical (unpaired) electrons. The summed E-state index contributed by atoms with van der Waals surface area (Å²) in [6.07, 6.45) is 6.22. The molecule has 0 bridgehead atoms. The lowest BCUT2D eigenvalue weighted by Crippen LogP contribution is -1.95. The van der Waals surface area contributed by atoms with Gasteiger partial charge in [-0.1, -0.05) is 62.6 Å². The Morgan fingerprint density at radius 3 is 2.05 bits per heavy atom. The number of fused-ring (bicyclic) bond motifs is 1. The van der Waals surface area contributed by atoms with Crippen LogP contribution in [0.2, 0.25) is 0 Å². The highest BCUT2D eigenvalue weighted by Gasteiger charge is 2.15. The van der Waals surface area contributed by atoms with Gasteiger partial charge in [-0.2, -0.15) is 0 Å². The fraction of sp³-hybridized carbons (Fsp3) is 0.226. The zero-order valence-corrected chi connectivity index (χ0v) is 20.2. The van der Waals surface area contributed by atoms with E-state index in [0.29, 0.717) is 0 Å². The summed E-state index contributed by atoms with van der Waals surface area (Å²) in [6.45, 7) is 2.14. The minimum Gasteiger partial charge on any atom is -0.206 e. The molecule has 0 atom stereocenters. The van der Waals surface area contributed by atoms with Gasteiger partial charge in [0.25, 0.3) is 0 Å². The van der Waals surface area contributed by atoms with E-state index in [1.165, 1.54) is 36.8 Å². The number of rotatable bonds is 7. The summed E-state index contributed by atoms with van der Waals surface area (Å²) < 4.78 is 85.2. The lowest BCUT2D eigenvalue weighted by atomic mass is 9.98. The highest BCUT2D eigenvalue weighted by Crippen LogP contribution is 2.28. The third-order valence-electron chi connectivity index (χ3n) is 6.26. The molecule has 0 unspecified atom stereocenters. The van der Waals surface area contributed by atoms with E-state index in [1.807, 2.05) is 0 Å². The van der Waals surface area contributed by atoms with Crippen molar-refractivity contribution in [2.45, 2.75) is 45.4 Å². The van der Waals surface area contributed by atoms with Crippen molar-refractivity contribution in [2.24, 2.45) is 0 Å². The zero-order chi connectivity index (χ0) is 26.5. The Labute approximate surface area is 212 Å². The monoisotopic (exact) mass is 510 g/mol. The quantitative estimate of drug-likeness (QED) is 0.101. The summed E-state index contributed by atoms with van der Waals surface area (Å²) in [4.78, 5) is 0. The summed E-state index contributed by atoms with van der Waals surface area (Å²) in [5, 5.41) is -0.0879. The summed E-state index contributed by atoms with van der Waals surface area (Å²) in [6, 6.07) is 11.4. The first kappa shape index (κ1) is 26.3. The number of unbranched alkanes of at least 4 members (excludes halogenated alkanes) is 4. The Kier molecular flexibility index (Phi) is 8.23. The van der Waals surface area contributed by atoms with E-state index in [2.05, 4.69) is 18.8 Å². The summed E-state index contributed by atoms with van der Waals surface area (Å²) in [7, 11) is 0. The van der Waals surface area contributed by atoms with E-state index in [1.54, 1.807) is 6.07 Å². The van der Waals surface area contributed by atoms with Gasteiger partial charge in [0, 0.05) is 16.5 Å². The molecule has 0 aliphatic carbocycles. The molecule has 4 aromatic carbocycles. The van der Waals surface area contributed by atoms with Crippen LogP contribution < -0.4 is 0 Å². The second-order valence-corrected chi connectivity index (χ2v) is 8.97. The van der Waals surface area contributed by atoms with Crippen LogP contribution in [-0.4, -0.2) is 0 Å². The molecule has 6 heteroatoms. The topological polar surface area (TPSA) is 0 Å². The average Bonchev–Trinajstić information content (AvgIpc) is 2.86. The van der Waals surface area contributed by atoms with Gasteiger partial charge in [-0.3, -0.25) is 0 Å². The van der Waals surface area contributed by atoms with Crippen LogP contribution in [0.5, 0.6) is 0 Å². The molecule has 0 amide bonds. The Bertz CT molecular complexity index is 1490. The molecule has 37 heavy (non-hydrogen) atoms. The molecular formula is C31H24F6. The maximum atomic E-state index is 14.8. The molecule has 0 fully saturated rings. The third-order valence-corrected chi connectivity index (χ3v) is 6.26. The van der Waals surface area contributed by atoms with Crippen LogP contribution in [0.25, 0.3) is 21.9 Å². The molecule has 0 saturated carbocycles. The molecule has 0 aliphatic heterocycles. The molecule has 190 valence electrons. The third kappa shape index (κ3) is 5.99. The van der Waals surface area contributed by atoms with Gasteiger partial charge in [0.1, 0.15) is 17.5 Å². The Hall–Kier alpha value is -3.72. The highest BCUT2D eigenvalue weighted by atomic mass is 19.2. The molecule has 0 aromatic heterocycles. The normalized spacial score (nSPS) is 11.0. The fourth-order valence-corrected chi connectivity index (χ4v) is 4.25. The largest absolute Gasteiger partial charge is 0.206 e. The van der Waals surface area contributed by atoms with Crippen molar-refractivity contribution in [2.75, 3.05) is 0 Å². The zero-order valence-electron chi connectivity index (χ0n) is 20.2. The number of benzene rings is 4. The van der Waals surface area contributed by atoms with E-state index >= 15 is 0 Å². The number of hydrogen-bond donors (Lipinski definition) is 0. The standard InChI is InChI=1S/C31H24F6/c1-2-3-4-5-6-7-19-8-11-23(26(32)15-19)22-16-27(33)25(28(34)17-22)13-10-20-9-12-24-21(14-20)18-29(35)31(37)30(24)36/h8-9,11-12,14-18H,2-7H2,1H3. The second kappa shape index (κ2) is 11.6. The minimum atomic E-state index is -1.58. The molecule has 4 aromatic rings. The first-order chi connectivity index (χ1) is 17.8. The van der Waals surface area contributed by atoms with Crippen molar-refractivity contribution in [3.8, 4) is 23.0 Å². The molecule has 4 rings (SSSR count). The van der Waals surface area contributed by atoms with Gasteiger partial charge in [0.05, 0.1) is 5.56 Å². The van der Waals surface area contributed by atoms with Crippen LogP contribution in [0.4, 0.5) is 26.3 Å². The smallest absolute Gasteiger partial charge is 0.195 e. The molecule has 0 N–H and O–H groups in total. The molecule has 0 heterocycles. The van der Waals surface area contributed by atoms with Crippen molar-refractivity contribution in [3.63, 3.8) is 0 Å². The minimum absolute atomic E-state index is 0.0474. The number of halogens is 6. The van der Waals surface area contributed by atoms with Crippen LogP contribution in [0.1, 0.15) is 55.7 Å². The predicted octanol–water partition coefficient (Wildman–Crippen LogP) is 9.25. The summed E-state index contributed by atoms with van der Waals surface area (Å²) >= 11 is 0. The SMILES string of the molecule is CCCCCCCc1ccc(-c2cc(F)c(C#Cc3ccc4c(F)c(F)c(F)cc4c3)c(F)c2)c(F)c1. The van der Waals surface area contributed by atoms with Gasteiger partial charge in [-0.25, -0.2) is 26.3 Å². The van der Waals surface area contributed by atoms with Crippen LogP contribution in [0.15, 0.2) is 54.6 Å². The van der Waals surface area contributed by atoms with Gasteiger partial charge in [-0.15, -0.1) is 0 Å². The molecule has 0 saturated heterocycles. The van der Waals surface area contributed by atoms with E-state index in [-0.39, 0.29) is 27.5 Å². The van der Waals surface area contributed by atoms with Crippen molar-refractivity contribution >= 4 is 10.8 Å². The van der Waals surface area contributed by atoms with Gasteiger partial charge >= 0.3 is 0 Å². The van der Waals surface area contributed by atoms with Crippen molar-refractivity contribution < 1.29 is 26.3 Å². The summed E-state index contributed by atoms with van der Waals surface area (Å²) in [5.74, 6) is -1.81. The van der Waals surface area contributed by atoms with E-state index in [4.69, 9.17) is 0 Å². The lowest BCUT2D eigenvalue weighted by Gasteiger charge is -2.08. The van der Waals surface area contributed by atoms with Crippen molar-refractivity contribution in [1.82, 2.24) is 0 Å². The van der Waals surface area contributed by atoms with Crippen LogP contribution >= 0.6 is 0 Å². The summed E-state index contributed by atoms with van der Waals surface area (Å²) in [5.41, 5.74) is 0.657. The number of hydrogen-bond acceptors (Lipinski definition) is 0. The van der Waals surface area contributed by atoms with E-state index < -0.39 is 40.5 Å². The van der Waals surface area contributed by atoms with Gasteiger partial charge < -0.3 is 0 Å².